The van der Waals surface area contributed by atoms with Crippen LogP contribution >= 0.6 is 23.3 Å². The van der Waals surface area contributed by atoms with Gasteiger partial charge in [0, 0.05) is 0 Å². The Morgan fingerprint density at radius 3 is 1.81 bits per heavy atom. The van der Waals surface area contributed by atoms with Gasteiger partial charge in [0.25, 0.3) is 0 Å². The summed E-state index contributed by atoms with van der Waals surface area (Å²) in [5, 5.41) is 3.47. The third kappa shape index (κ3) is 3.09. The van der Waals surface area contributed by atoms with Crippen molar-refractivity contribution in [3.63, 3.8) is 0 Å². The van der Waals surface area contributed by atoms with Crippen LogP contribution in [-0.2, 0) is 4.57 Å². The van der Waals surface area contributed by atoms with E-state index in [1.807, 2.05) is 97.1 Å². The highest BCUT2D eigenvalue weighted by molar-refractivity contribution is 9.10. The first-order chi connectivity index (χ1) is 12.7. The fourth-order valence-electron chi connectivity index (χ4n) is 2.93. The molecule has 0 amide bonds. The van der Waals surface area contributed by atoms with Gasteiger partial charge in [-0.2, -0.15) is 0 Å². The molecule has 0 unspecified atom stereocenters. The molecule has 4 aromatic carbocycles. The van der Waals surface area contributed by atoms with Gasteiger partial charge in [0.15, 0.2) is 0 Å². The summed E-state index contributed by atoms with van der Waals surface area (Å²) in [7, 11) is -3.28. The van der Waals surface area contributed by atoms with Crippen molar-refractivity contribution in [3.8, 4) is 5.75 Å². The Kier molecular flexibility index (Phi) is 4.67. The molecule has 128 valence electrons. The van der Waals surface area contributed by atoms with Gasteiger partial charge in [-0.25, -0.2) is 0 Å². The highest BCUT2D eigenvalue weighted by Crippen LogP contribution is 2.48. The SMILES string of the molecule is O=P(Oc1ccc2ccccc2c1Br)(c1ccccc1)c1ccccc1. The maximum atomic E-state index is 14.0. The van der Waals surface area contributed by atoms with Crippen molar-refractivity contribution in [2.45, 2.75) is 0 Å². The third-order valence-corrected chi connectivity index (χ3v) is 7.47. The minimum Gasteiger partial charge on any atom is -0.436 e. The average molecular weight is 423 g/mol. The summed E-state index contributed by atoms with van der Waals surface area (Å²) in [5.41, 5.74) is 0. The summed E-state index contributed by atoms with van der Waals surface area (Å²) >= 11 is 3.63. The third-order valence-electron chi connectivity index (χ3n) is 4.25. The largest absolute Gasteiger partial charge is 0.436 e. The zero-order chi connectivity index (χ0) is 18.0. The van der Waals surface area contributed by atoms with Crippen molar-refractivity contribution in [2.75, 3.05) is 0 Å². The standard InChI is InChI=1S/C22H16BrO2P/c23-22-20-14-8-7-9-17(20)15-16-21(22)25-26(24,18-10-3-1-4-11-18)19-12-5-2-6-13-19/h1-16H. The van der Waals surface area contributed by atoms with Crippen molar-refractivity contribution in [1.82, 2.24) is 0 Å². The molecule has 0 N–H and O–H groups in total. The Labute approximate surface area is 161 Å². The second-order valence-corrected chi connectivity index (χ2v) is 9.02. The molecule has 0 bridgehead atoms. The van der Waals surface area contributed by atoms with E-state index < -0.39 is 7.37 Å². The van der Waals surface area contributed by atoms with Crippen LogP contribution in [0.15, 0.2) is 102 Å². The van der Waals surface area contributed by atoms with Crippen LogP contribution in [0.2, 0.25) is 0 Å². The van der Waals surface area contributed by atoms with Gasteiger partial charge in [0.2, 0.25) is 0 Å². The van der Waals surface area contributed by atoms with Gasteiger partial charge in [-0.15, -0.1) is 0 Å². The zero-order valence-electron chi connectivity index (χ0n) is 13.9. The van der Waals surface area contributed by atoms with Gasteiger partial charge in [-0.1, -0.05) is 66.7 Å². The molecule has 0 atom stereocenters. The van der Waals surface area contributed by atoms with Crippen LogP contribution in [0.5, 0.6) is 5.75 Å². The lowest BCUT2D eigenvalue weighted by molar-refractivity contribution is 0.502. The first kappa shape index (κ1) is 17.1. The lowest BCUT2D eigenvalue weighted by Gasteiger charge is -2.21. The van der Waals surface area contributed by atoms with E-state index in [1.54, 1.807) is 0 Å². The van der Waals surface area contributed by atoms with Gasteiger partial charge >= 0.3 is 7.37 Å². The van der Waals surface area contributed by atoms with Crippen molar-refractivity contribution in [3.05, 3.63) is 102 Å². The van der Waals surface area contributed by atoms with Crippen LogP contribution in [0.1, 0.15) is 0 Å². The molecule has 2 nitrogen and oxygen atoms in total. The Morgan fingerprint density at radius 1 is 0.654 bits per heavy atom. The normalized spacial score (nSPS) is 11.4. The fourth-order valence-corrected chi connectivity index (χ4v) is 5.69. The van der Waals surface area contributed by atoms with Crippen molar-refractivity contribution in [1.29, 1.82) is 0 Å². The Bertz CT molecular complexity index is 1050. The predicted molar refractivity (Wildman–Crippen MR) is 112 cm³/mol. The molecule has 4 heteroatoms. The maximum Gasteiger partial charge on any atom is 0.306 e. The number of hydrogen-bond donors (Lipinski definition) is 0. The molecule has 0 saturated heterocycles. The predicted octanol–water partition coefficient (Wildman–Crippen LogP) is 5.91. The van der Waals surface area contributed by atoms with E-state index in [0.29, 0.717) is 16.4 Å². The summed E-state index contributed by atoms with van der Waals surface area (Å²) in [6.45, 7) is 0. The minimum atomic E-state index is -3.28. The quantitative estimate of drug-likeness (QED) is 0.382. The summed E-state index contributed by atoms with van der Waals surface area (Å²) in [5.74, 6) is 0.569. The topological polar surface area (TPSA) is 26.3 Å². The van der Waals surface area contributed by atoms with Crippen LogP contribution in [0.4, 0.5) is 0 Å². The first-order valence-corrected chi connectivity index (χ1v) is 10.7. The van der Waals surface area contributed by atoms with Gasteiger partial charge < -0.3 is 4.52 Å². The fraction of sp³-hybridized carbons (Fsp3) is 0. The van der Waals surface area contributed by atoms with Gasteiger partial charge in [0.05, 0.1) is 15.1 Å². The summed E-state index contributed by atoms with van der Waals surface area (Å²) in [6.07, 6.45) is 0. The van der Waals surface area contributed by atoms with E-state index in [-0.39, 0.29) is 0 Å². The smallest absolute Gasteiger partial charge is 0.306 e. The van der Waals surface area contributed by atoms with Crippen LogP contribution in [-0.4, -0.2) is 0 Å². The Hall–Kier alpha value is -2.35. The van der Waals surface area contributed by atoms with E-state index in [9.17, 15) is 4.57 Å². The van der Waals surface area contributed by atoms with E-state index in [4.69, 9.17) is 4.52 Å². The van der Waals surface area contributed by atoms with E-state index in [2.05, 4.69) is 15.9 Å². The molecule has 0 radical (unpaired) electrons. The maximum absolute atomic E-state index is 14.0. The van der Waals surface area contributed by atoms with Crippen LogP contribution in [0, 0.1) is 0 Å². The molecular weight excluding hydrogens is 407 g/mol. The van der Waals surface area contributed by atoms with Gasteiger partial charge in [-0.3, -0.25) is 4.57 Å². The van der Waals surface area contributed by atoms with Crippen molar-refractivity contribution < 1.29 is 9.09 Å². The number of halogens is 1. The highest BCUT2D eigenvalue weighted by Gasteiger charge is 2.30. The molecule has 0 aliphatic carbocycles. The highest BCUT2D eigenvalue weighted by atomic mass is 79.9. The molecule has 26 heavy (non-hydrogen) atoms. The second-order valence-electron chi connectivity index (χ2n) is 5.91. The minimum absolute atomic E-state index is 0.569. The molecule has 0 aliphatic rings. The molecule has 0 heterocycles. The van der Waals surface area contributed by atoms with Crippen LogP contribution in [0.3, 0.4) is 0 Å². The molecule has 4 aromatic rings. The van der Waals surface area contributed by atoms with E-state index >= 15 is 0 Å². The molecule has 0 aromatic heterocycles. The average Bonchev–Trinajstić information content (AvgIpc) is 2.71. The lowest BCUT2D eigenvalue weighted by Crippen LogP contribution is -2.20. The van der Waals surface area contributed by atoms with Crippen molar-refractivity contribution >= 4 is 44.7 Å². The van der Waals surface area contributed by atoms with Gasteiger partial charge in [-0.05, 0) is 57.0 Å². The van der Waals surface area contributed by atoms with Crippen LogP contribution < -0.4 is 15.1 Å². The summed E-state index contributed by atoms with van der Waals surface area (Å²) in [6, 6.07) is 30.6. The summed E-state index contributed by atoms with van der Waals surface area (Å²) in [4.78, 5) is 0. The molecule has 0 fully saturated rings. The Balaban J connectivity index is 1.87. The van der Waals surface area contributed by atoms with Crippen molar-refractivity contribution in [2.24, 2.45) is 0 Å². The molecule has 0 spiro atoms. The number of rotatable bonds is 4. The first-order valence-electron chi connectivity index (χ1n) is 8.26. The number of benzene rings is 4. The molecule has 0 aliphatic heterocycles. The monoisotopic (exact) mass is 422 g/mol. The second kappa shape index (κ2) is 7.11. The van der Waals surface area contributed by atoms with Gasteiger partial charge in [0.1, 0.15) is 5.75 Å². The number of hydrogen-bond acceptors (Lipinski definition) is 2. The molecule has 4 rings (SSSR count). The van der Waals surface area contributed by atoms with E-state index in [0.717, 1.165) is 15.2 Å². The molecule has 0 saturated carbocycles. The van der Waals surface area contributed by atoms with Crippen LogP contribution in [0.25, 0.3) is 10.8 Å². The summed E-state index contributed by atoms with van der Waals surface area (Å²) < 4.78 is 21.1. The zero-order valence-corrected chi connectivity index (χ0v) is 16.4. The molecular formula is C22H16BrO2P. The number of fused-ring (bicyclic) bond motifs is 1. The lowest BCUT2D eigenvalue weighted by atomic mass is 10.1. The Morgan fingerprint density at radius 2 is 1.19 bits per heavy atom. The van der Waals surface area contributed by atoms with E-state index in [1.165, 1.54) is 0 Å².